The lowest BCUT2D eigenvalue weighted by molar-refractivity contribution is 0.604. The molecule has 2 aromatic rings. The highest BCUT2D eigenvalue weighted by atomic mass is 14.9. The molecule has 3 aliphatic rings. The van der Waals surface area contributed by atoms with Crippen LogP contribution in [0.3, 0.4) is 0 Å². The van der Waals surface area contributed by atoms with Crippen molar-refractivity contribution in [2.24, 2.45) is 10.9 Å². The van der Waals surface area contributed by atoms with Gasteiger partial charge in [-0.3, -0.25) is 9.98 Å². The predicted molar refractivity (Wildman–Crippen MR) is 108 cm³/mol. The maximum atomic E-state index is 4.81. The van der Waals surface area contributed by atoms with Crippen molar-refractivity contribution in [1.29, 1.82) is 0 Å². The van der Waals surface area contributed by atoms with Crippen molar-refractivity contribution in [2.75, 3.05) is 0 Å². The molecule has 0 fully saturated rings. The minimum Gasteiger partial charge on any atom is -0.282 e. The molecule has 5 rings (SSSR count). The quantitative estimate of drug-likeness (QED) is 0.707. The van der Waals surface area contributed by atoms with Crippen LogP contribution in [0.15, 0.2) is 84.0 Å². The lowest BCUT2D eigenvalue weighted by atomic mass is 9.77. The maximum absolute atomic E-state index is 4.81. The van der Waals surface area contributed by atoms with Gasteiger partial charge < -0.3 is 0 Å². The summed E-state index contributed by atoms with van der Waals surface area (Å²) in [6.07, 6.45) is 20.5. The smallest absolute Gasteiger partial charge is 0.103 e. The van der Waals surface area contributed by atoms with E-state index in [1.165, 1.54) is 22.3 Å². The largest absolute Gasteiger partial charge is 0.282 e. The van der Waals surface area contributed by atoms with Crippen LogP contribution >= 0.6 is 0 Å². The molecule has 126 valence electrons. The van der Waals surface area contributed by atoms with Crippen molar-refractivity contribution in [1.82, 2.24) is 4.98 Å². The summed E-state index contributed by atoms with van der Waals surface area (Å²) in [5, 5.41) is 0. The molecule has 3 atom stereocenters. The Bertz CT molecular complexity index is 977. The van der Waals surface area contributed by atoms with E-state index >= 15 is 0 Å². The number of rotatable bonds is 2. The Kier molecular flexibility index (Phi) is 3.75. The van der Waals surface area contributed by atoms with Crippen LogP contribution in [0.4, 0.5) is 0 Å². The highest BCUT2D eigenvalue weighted by molar-refractivity contribution is 5.89. The maximum Gasteiger partial charge on any atom is 0.103 e. The molecule has 26 heavy (non-hydrogen) atoms. The normalized spacial score (nSPS) is 25.5. The molecule has 0 saturated carbocycles. The van der Waals surface area contributed by atoms with Gasteiger partial charge >= 0.3 is 0 Å². The van der Waals surface area contributed by atoms with Crippen molar-refractivity contribution in [2.45, 2.75) is 18.4 Å². The van der Waals surface area contributed by atoms with Gasteiger partial charge in [0.25, 0.3) is 0 Å². The molecule has 1 aromatic heterocycles. The molecular formula is C24H20N2. The van der Waals surface area contributed by atoms with Crippen LogP contribution in [0.2, 0.25) is 0 Å². The first-order chi connectivity index (χ1) is 12.9. The van der Waals surface area contributed by atoms with Crippen LogP contribution in [-0.4, -0.2) is 11.2 Å². The molecule has 2 heteroatoms. The second-order valence-electron chi connectivity index (χ2n) is 6.97. The Morgan fingerprint density at radius 1 is 0.962 bits per heavy atom. The van der Waals surface area contributed by atoms with Crippen molar-refractivity contribution < 1.29 is 0 Å². The van der Waals surface area contributed by atoms with E-state index in [4.69, 9.17) is 9.98 Å². The van der Waals surface area contributed by atoms with E-state index in [-0.39, 0.29) is 12.0 Å². The molecule has 2 heterocycles. The van der Waals surface area contributed by atoms with Crippen LogP contribution in [0.5, 0.6) is 0 Å². The topological polar surface area (TPSA) is 25.2 Å². The summed E-state index contributed by atoms with van der Waals surface area (Å²) in [7, 11) is 0. The molecule has 2 aliphatic carbocycles. The number of hydrogen-bond acceptors (Lipinski definition) is 2. The molecule has 0 radical (unpaired) electrons. The summed E-state index contributed by atoms with van der Waals surface area (Å²) in [6, 6.07) is 12.8. The minimum atomic E-state index is 0.0678. The Balaban J connectivity index is 1.57. The average molecular weight is 336 g/mol. The third kappa shape index (κ3) is 2.50. The molecule has 0 spiro atoms. The molecule has 2 nitrogen and oxygen atoms in total. The molecular weight excluding hydrogens is 316 g/mol. The first-order valence-electron chi connectivity index (χ1n) is 9.21. The summed E-state index contributed by atoms with van der Waals surface area (Å²) in [5.74, 6) is 0.675. The van der Waals surface area contributed by atoms with Crippen molar-refractivity contribution in [3.8, 4) is 0 Å². The van der Waals surface area contributed by atoms with Gasteiger partial charge in [-0.2, -0.15) is 0 Å². The van der Waals surface area contributed by atoms with Crippen LogP contribution in [0, 0.1) is 5.92 Å². The lowest BCUT2D eigenvalue weighted by Crippen LogP contribution is -2.20. The predicted octanol–water partition coefficient (Wildman–Crippen LogP) is 5.53. The number of allylic oxidation sites excluding steroid dienone is 5. The second-order valence-corrected chi connectivity index (χ2v) is 6.97. The molecule has 3 unspecified atom stereocenters. The first-order valence-corrected chi connectivity index (χ1v) is 9.21. The number of fused-ring (bicyclic) bond motifs is 3. The molecule has 0 saturated heterocycles. The number of pyridine rings is 1. The van der Waals surface area contributed by atoms with E-state index < -0.39 is 0 Å². The van der Waals surface area contributed by atoms with Crippen LogP contribution in [0.25, 0.3) is 11.6 Å². The second kappa shape index (κ2) is 6.38. The fourth-order valence-corrected chi connectivity index (χ4v) is 4.22. The number of benzene rings is 1. The van der Waals surface area contributed by atoms with Gasteiger partial charge in [-0.25, -0.2) is 0 Å². The third-order valence-electron chi connectivity index (χ3n) is 5.49. The van der Waals surface area contributed by atoms with E-state index in [9.17, 15) is 0 Å². The Morgan fingerprint density at radius 3 is 2.73 bits per heavy atom. The van der Waals surface area contributed by atoms with Crippen LogP contribution < -0.4 is 0 Å². The standard InChI is InChI=1S/C24H20N2/c1-3-7-17(8-4-1)19-13-15-25-23-21(19)11-12-22-20(14-16-26-24(22)23)18-9-5-2-6-10-18/h1-9,11-16,18,21,23H,10H2. The third-order valence-corrected chi connectivity index (χ3v) is 5.49. The summed E-state index contributed by atoms with van der Waals surface area (Å²) >= 11 is 0. The highest BCUT2D eigenvalue weighted by Crippen LogP contribution is 2.45. The molecule has 0 amide bonds. The fourth-order valence-electron chi connectivity index (χ4n) is 4.22. The first kappa shape index (κ1) is 15.3. The summed E-state index contributed by atoms with van der Waals surface area (Å²) in [6.45, 7) is 0. The number of nitrogens with zero attached hydrogens (tertiary/aromatic N) is 2. The zero-order valence-corrected chi connectivity index (χ0v) is 14.5. The van der Waals surface area contributed by atoms with E-state index in [0.717, 1.165) is 12.1 Å². The van der Waals surface area contributed by atoms with Gasteiger partial charge in [0.05, 0.1) is 5.69 Å². The Hall–Kier alpha value is -3.00. The number of aromatic nitrogens is 1. The van der Waals surface area contributed by atoms with Crippen molar-refractivity contribution >= 4 is 17.9 Å². The average Bonchev–Trinajstić information content (AvgIpc) is 2.74. The Morgan fingerprint density at radius 2 is 1.88 bits per heavy atom. The van der Waals surface area contributed by atoms with Gasteiger partial charge in [0.2, 0.25) is 0 Å². The lowest BCUT2D eigenvalue weighted by Gasteiger charge is -2.32. The summed E-state index contributed by atoms with van der Waals surface area (Å²) < 4.78 is 0. The number of aliphatic imine (C=N–C) groups is 1. The molecule has 1 aliphatic heterocycles. The fraction of sp³-hybridized carbons (Fsp3) is 0.167. The molecule has 0 N–H and O–H groups in total. The van der Waals surface area contributed by atoms with Gasteiger partial charge in [-0.1, -0.05) is 66.8 Å². The molecule has 1 aromatic carbocycles. The van der Waals surface area contributed by atoms with Gasteiger partial charge in [-0.05, 0) is 35.3 Å². The monoisotopic (exact) mass is 336 g/mol. The van der Waals surface area contributed by atoms with Crippen LogP contribution in [0.1, 0.15) is 40.8 Å². The number of hydrogen-bond donors (Lipinski definition) is 0. The van der Waals surface area contributed by atoms with Gasteiger partial charge in [0, 0.05) is 29.8 Å². The molecule has 0 bridgehead atoms. The van der Waals surface area contributed by atoms with Gasteiger partial charge in [-0.15, -0.1) is 0 Å². The van der Waals surface area contributed by atoms with E-state index in [1.54, 1.807) is 0 Å². The minimum absolute atomic E-state index is 0.0678. The zero-order chi connectivity index (χ0) is 17.3. The van der Waals surface area contributed by atoms with Crippen molar-refractivity contribution in [3.63, 3.8) is 0 Å². The van der Waals surface area contributed by atoms with Crippen LogP contribution in [-0.2, 0) is 0 Å². The van der Waals surface area contributed by atoms with Crippen molar-refractivity contribution in [3.05, 3.63) is 101 Å². The zero-order valence-electron chi connectivity index (χ0n) is 14.5. The van der Waals surface area contributed by atoms with Gasteiger partial charge in [0.15, 0.2) is 0 Å². The van der Waals surface area contributed by atoms with Gasteiger partial charge in [0.1, 0.15) is 6.04 Å². The summed E-state index contributed by atoms with van der Waals surface area (Å²) in [5.41, 5.74) is 6.30. The van der Waals surface area contributed by atoms with E-state index in [2.05, 4.69) is 78.9 Å². The summed E-state index contributed by atoms with van der Waals surface area (Å²) in [4.78, 5) is 9.56. The highest BCUT2D eigenvalue weighted by Gasteiger charge is 2.33. The number of dihydropyridines is 1. The SMILES string of the molecule is C1=CCC(c2ccnc3c2C=CC2C(c4ccccc4)=CC=NC32)C=C1. The van der Waals surface area contributed by atoms with E-state index in [1.807, 2.05) is 12.4 Å². The van der Waals surface area contributed by atoms with E-state index in [0.29, 0.717) is 5.92 Å². The Labute approximate surface area is 154 Å².